The second-order valence-corrected chi connectivity index (χ2v) is 8.86. The zero-order valence-electron chi connectivity index (χ0n) is 17.3. The van der Waals surface area contributed by atoms with Crippen molar-refractivity contribution < 1.29 is 4.79 Å². The summed E-state index contributed by atoms with van der Waals surface area (Å²) in [5.41, 5.74) is 7.44. The molecule has 0 bridgehead atoms. The van der Waals surface area contributed by atoms with Gasteiger partial charge in [0.05, 0.1) is 10.6 Å². The summed E-state index contributed by atoms with van der Waals surface area (Å²) in [5.74, 6) is -0.126. The largest absolute Gasteiger partial charge is 0.318 e. The van der Waals surface area contributed by atoms with E-state index in [1.54, 1.807) is 0 Å². The highest BCUT2D eigenvalue weighted by atomic mass is 35.5. The molecule has 0 unspecified atom stereocenters. The molecule has 4 rings (SSSR count). The van der Waals surface area contributed by atoms with Crippen molar-refractivity contribution in [3.05, 3.63) is 86.5 Å². The fourth-order valence-electron chi connectivity index (χ4n) is 3.46. The van der Waals surface area contributed by atoms with E-state index in [1.165, 1.54) is 22.9 Å². The van der Waals surface area contributed by atoms with Crippen molar-refractivity contribution in [1.82, 2.24) is 9.88 Å². The second-order valence-electron chi connectivity index (χ2n) is 7.39. The molecule has 0 saturated carbocycles. The van der Waals surface area contributed by atoms with Gasteiger partial charge in [-0.25, -0.2) is 4.99 Å². The molecule has 1 fully saturated rings. The second kappa shape index (κ2) is 8.17. The molecule has 152 valence electrons. The molecule has 1 N–H and O–H groups in total. The van der Waals surface area contributed by atoms with E-state index in [-0.39, 0.29) is 5.91 Å². The molecule has 3 aromatic rings. The van der Waals surface area contributed by atoms with E-state index in [0.717, 1.165) is 28.3 Å². The van der Waals surface area contributed by atoms with Crippen LogP contribution in [0.3, 0.4) is 0 Å². The van der Waals surface area contributed by atoms with Gasteiger partial charge in [-0.15, -0.1) is 0 Å². The summed E-state index contributed by atoms with van der Waals surface area (Å²) in [4.78, 5) is 17.7. The van der Waals surface area contributed by atoms with Crippen molar-refractivity contribution >= 4 is 46.2 Å². The number of aryl methyl sites for hydroxylation is 3. The summed E-state index contributed by atoms with van der Waals surface area (Å²) >= 11 is 7.39. The van der Waals surface area contributed by atoms with E-state index in [9.17, 15) is 4.79 Å². The Labute approximate surface area is 185 Å². The molecule has 1 aromatic heterocycles. The van der Waals surface area contributed by atoms with E-state index in [2.05, 4.69) is 48.6 Å². The molecule has 0 spiro atoms. The van der Waals surface area contributed by atoms with Crippen LogP contribution >= 0.6 is 23.4 Å². The van der Waals surface area contributed by atoms with E-state index < -0.39 is 0 Å². The molecule has 1 amide bonds. The quantitative estimate of drug-likeness (QED) is 0.494. The van der Waals surface area contributed by atoms with Crippen LogP contribution in [0, 0.1) is 27.7 Å². The molecule has 1 aliphatic rings. The first kappa shape index (κ1) is 20.5. The Kier molecular flexibility index (Phi) is 5.58. The summed E-state index contributed by atoms with van der Waals surface area (Å²) in [5, 5.41) is 4.17. The van der Waals surface area contributed by atoms with Crippen molar-refractivity contribution in [3.63, 3.8) is 0 Å². The average molecular weight is 436 g/mol. The van der Waals surface area contributed by atoms with E-state index in [4.69, 9.17) is 11.6 Å². The van der Waals surface area contributed by atoms with Crippen LogP contribution < -0.4 is 5.32 Å². The van der Waals surface area contributed by atoms with Crippen LogP contribution in [0.1, 0.15) is 28.1 Å². The number of nitrogens with zero attached hydrogens (tertiary/aromatic N) is 2. The summed E-state index contributed by atoms with van der Waals surface area (Å²) in [6.07, 6.45) is 1.93. The topological polar surface area (TPSA) is 46.4 Å². The number of carbonyl (C=O) groups is 1. The van der Waals surface area contributed by atoms with Gasteiger partial charge in [-0.3, -0.25) is 4.79 Å². The predicted octanol–water partition coefficient (Wildman–Crippen LogP) is 6.26. The molecule has 2 aromatic carbocycles. The molecule has 0 atom stereocenters. The first-order chi connectivity index (χ1) is 14.3. The summed E-state index contributed by atoms with van der Waals surface area (Å²) < 4.78 is 2.16. The van der Waals surface area contributed by atoms with Gasteiger partial charge in [0.15, 0.2) is 5.17 Å². The molecule has 6 heteroatoms. The van der Waals surface area contributed by atoms with Crippen LogP contribution in [0.25, 0.3) is 11.8 Å². The lowest BCUT2D eigenvalue weighted by Gasteiger charge is -2.09. The first-order valence-corrected chi connectivity index (χ1v) is 10.8. The lowest BCUT2D eigenvalue weighted by molar-refractivity contribution is -0.115. The number of nitrogens with one attached hydrogen (secondary N) is 1. The van der Waals surface area contributed by atoms with Gasteiger partial charge in [-0.05, 0) is 105 Å². The minimum absolute atomic E-state index is 0.126. The minimum Gasteiger partial charge on any atom is -0.318 e. The number of thioether (sulfide) groups is 1. The molecule has 1 saturated heterocycles. The lowest BCUT2D eigenvalue weighted by Crippen LogP contribution is -2.19. The standard InChI is InChI=1S/C24H22ClN3OS/c1-14-5-8-20(11-15(14)2)26-24-27-23(29)22(30-24)13-18-12-16(3)28(17(18)4)21-9-6-19(25)7-10-21/h5-13H,1-4H3,(H,26,27,29)/b22-13-. The summed E-state index contributed by atoms with van der Waals surface area (Å²) in [6, 6.07) is 15.9. The molecule has 0 aliphatic carbocycles. The summed E-state index contributed by atoms with van der Waals surface area (Å²) in [7, 11) is 0. The summed E-state index contributed by atoms with van der Waals surface area (Å²) in [6.45, 7) is 8.23. The Morgan fingerprint density at radius 2 is 1.73 bits per heavy atom. The SMILES string of the molecule is Cc1ccc(N=C2NC(=O)/C(=C/c3cc(C)n(-c4ccc(Cl)cc4)c3C)S2)cc1C. The maximum Gasteiger partial charge on any atom is 0.264 e. The minimum atomic E-state index is -0.126. The van der Waals surface area contributed by atoms with Crippen LogP contribution in [-0.2, 0) is 4.79 Å². The number of aromatic nitrogens is 1. The fraction of sp³-hybridized carbons (Fsp3) is 0.167. The number of aliphatic imine (C=N–C) groups is 1. The number of hydrogen-bond acceptors (Lipinski definition) is 3. The van der Waals surface area contributed by atoms with E-state index >= 15 is 0 Å². The van der Waals surface area contributed by atoms with Gasteiger partial charge in [-0.1, -0.05) is 17.7 Å². The number of hydrogen-bond donors (Lipinski definition) is 1. The molecule has 30 heavy (non-hydrogen) atoms. The van der Waals surface area contributed by atoms with Gasteiger partial charge in [0.2, 0.25) is 0 Å². The zero-order valence-corrected chi connectivity index (χ0v) is 18.9. The average Bonchev–Trinajstić information content (AvgIpc) is 3.18. The molecular weight excluding hydrogens is 414 g/mol. The third-order valence-electron chi connectivity index (χ3n) is 5.21. The Morgan fingerprint density at radius 1 is 1.00 bits per heavy atom. The molecule has 2 heterocycles. The Bertz CT molecular complexity index is 1210. The van der Waals surface area contributed by atoms with Crippen molar-refractivity contribution in [2.24, 2.45) is 4.99 Å². The fourth-order valence-corrected chi connectivity index (χ4v) is 4.41. The highest BCUT2D eigenvalue weighted by Crippen LogP contribution is 2.31. The van der Waals surface area contributed by atoms with Crippen molar-refractivity contribution in [3.8, 4) is 5.69 Å². The maximum atomic E-state index is 12.5. The first-order valence-electron chi connectivity index (χ1n) is 9.63. The van der Waals surface area contributed by atoms with Crippen LogP contribution in [-0.4, -0.2) is 15.6 Å². The number of rotatable bonds is 3. The van der Waals surface area contributed by atoms with Gasteiger partial charge >= 0.3 is 0 Å². The Morgan fingerprint density at radius 3 is 2.43 bits per heavy atom. The van der Waals surface area contributed by atoms with Gasteiger partial charge in [0, 0.05) is 22.1 Å². The van der Waals surface area contributed by atoms with Crippen LogP contribution in [0.2, 0.25) is 5.02 Å². The van der Waals surface area contributed by atoms with Gasteiger partial charge in [0.1, 0.15) is 0 Å². The lowest BCUT2D eigenvalue weighted by atomic mass is 10.1. The molecule has 1 aliphatic heterocycles. The number of amidine groups is 1. The van der Waals surface area contributed by atoms with Gasteiger partial charge in [0.25, 0.3) is 5.91 Å². The van der Waals surface area contributed by atoms with Gasteiger partial charge < -0.3 is 9.88 Å². The van der Waals surface area contributed by atoms with E-state index in [0.29, 0.717) is 15.1 Å². The normalized spacial score (nSPS) is 16.5. The Hall–Kier alpha value is -2.76. The predicted molar refractivity (Wildman–Crippen MR) is 127 cm³/mol. The van der Waals surface area contributed by atoms with Crippen molar-refractivity contribution in [2.45, 2.75) is 27.7 Å². The molecule has 4 nitrogen and oxygen atoms in total. The maximum absolute atomic E-state index is 12.5. The Balaban J connectivity index is 1.63. The highest BCUT2D eigenvalue weighted by molar-refractivity contribution is 8.18. The highest BCUT2D eigenvalue weighted by Gasteiger charge is 2.24. The van der Waals surface area contributed by atoms with E-state index in [1.807, 2.05) is 48.5 Å². The number of amides is 1. The number of carbonyl (C=O) groups excluding carboxylic acids is 1. The van der Waals surface area contributed by atoms with Crippen molar-refractivity contribution in [2.75, 3.05) is 0 Å². The molecular formula is C24H22ClN3OS. The van der Waals surface area contributed by atoms with Crippen molar-refractivity contribution in [1.29, 1.82) is 0 Å². The van der Waals surface area contributed by atoms with Crippen LogP contribution in [0.4, 0.5) is 5.69 Å². The van der Waals surface area contributed by atoms with Crippen LogP contribution in [0.15, 0.2) is 58.4 Å². The van der Waals surface area contributed by atoms with Gasteiger partial charge in [-0.2, -0.15) is 0 Å². The number of halogens is 1. The third kappa shape index (κ3) is 4.09. The smallest absolute Gasteiger partial charge is 0.264 e. The monoisotopic (exact) mass is 435 g/mol. The molecule has 0 radical (unpaired) electrons. The zero-order chi connectivity index (χ0) is 21.4. The van der Waals surface area contributed by atoms with Crippen LogP contribution in [0.5, 0.6) is 0 Å². The number of benzene rings is 2. The third-order valence-corrected chi connectivity index (χ3v) is 6.38.